The first-order valence-electron chi connectivity index (χ1n) is 4.80. The predicted molar refractivity (Wildman–Crippen MR) is 54.4 cm³/mol. The molecular weight excluding hydrogens is 196 g/mol. The SMILES string of the molecule is CCC(C)OOC(=O)c1ccc(O)cc1. The molecule has 0 radical (unpaired) electrons. The summed E-state index contributed by atoms with van der Waals surface area (Å²) >= 11 is 0. The molecule has 1 aromatic carbocycles. The molecule has 4 heteroatoms. The maximum Gasteiger partial charge on any atom is 0.373 e. The summed E-state index contributed by atoms with van der Waals surface area (Å²) < 4.78 is 0. The van der Waals surface area contributed by atoms with Crippen LogP contribution >= 0.6 is 0 Å². The Labute approximate surface area is 88.4 Å². The Kier molecular flexibility index (Phi) is 4.12. The Hall–Kier alpha value is -1.55. The Bertz CT molecular complexity index is 318. The number of carbonyl (C=O) groups excluding carboxylic acids is 1. The van der Waals surface area contributed by atoms with E-state index < -0.39 is 5.97 Å². The molecule has 4 nitrogen and oxygen atoms in total. The van der Waals surface area contributed by atoms with Crippen molar-refractivity contribution in [1.29, 1.82) is 0 Å². The molecule has 1 aromatic rings. The summed E-state index contributed by atoms with van der Waals surface area (Å²) in [5.41, 5.74) is 0.344. The van der Waals surface area contributed by atoms with E-state index in [1.165, 1.54) is 24.3 Å². The highest BCUT2D eigenvalue weighted by molar-refractivity contribution is 5.89. The fourth-order valence-electron chi connectivity index (χ4n) is 0.839. The van der Waals surface area contributed by atoms with Crippen LogP contribution < -0.4 is 0 Å². The van der Waals surface area contributed by atoms with E-state index in [2.05, 4.69) is 4.89 Å². The van der Waals surface area contributed by atoms with Crippen molar-refractivity contribution in [3.8, 4) is 5.75 Å². The van der Waals surface area contributed by atoms with E-state index >= 15 is 0 Å². The van der Waals surface area contributed by atoms with Crippen molar-refractivity contribution in [2.45, 2.75) is 26.4 Å². The molecule has 82 valence electrons. The zero-order valence-electron chi connectivity index (χ0n) is 8.77. The molecule has 0 heterocycles. The minimum Gasteiger partial charge on any atom is -0.508 e. The highest BCUT2D eigenvalue weighted by Crippen LogP contribution is 2.11. The second-order valence-corrected chi connectivity index (χ2v) is 3.23. The van der Waals surface area contributed by atoms with Crippen LogP contribution in [0.2, 0.25) is 0 Å². The molecule has 0 aliphatic heterocycles. The van der Waals surface area contributed by atoms with E-state index in [9.17, 15) is 4.79 Å². The first-order chi connectivity index (χ1) is 7.13. The minimum atomic E-state index is -0.560. The zero-order chi connectivity index (χ0) is 11.3. The number of carbonyl (C=O) groups is 1. The van der Waals surface area contributed by atoms with E-state index in [1.807, 2.05) is 13.8 Å². The number of hydrogen-bond donors (Lipinski definition) is 1. The maximum atomic E-state index is 11.3. The van der Waals surface area contributed by atoms with Crippen LogP contribution in [0.3, 0.4) is 0 Å². The molecule has 0 saturated heterocycles. The van der Waals surface area contributed by atoms with Crippen LogP contribution in [0.15, 0.2) is 24.3 Å². The lowest BCUT2D eigenvalue weighted by molar-refractivity contribution is -0.270. The summed E-state index contributed by atoms with van der Waals surface area (Å²) in [5.74, 6) is -0.454. The lowest BCUT2D eigenvalue weighted by Crippen LogP contribution is -2.12. The molecule has 1 unspecified atom stereocenters. The smallest absolute Gasteiger partial charge is 0.373 e. The molecule has 1 rings (SSSR count). The highest BCUT2D eigenvalue weighted by Gasteiger charge is 2.09. The van der Waals surface area contributed by atoms with Gasteiger partial charge in [0, 0.05) is 0 Å². The zero-order valence-corrected chi connectivity index (χ0v) is 8.77. The van der Waals surface area contributed by atoms with Crippen LogP contribution in [0.25, 0.3) is 0 Å². The average Bonchev–Trinajstić information content (AvgIpc) is 2.26. The van der Waals surface area contributed by atoms with Crippen LogP contribution in [-0.4, -0.2) is 17.2 Å². The molecular formula is C11H14O4. The number of phenols is 1. The summed E-state index contributed by atoms with van der Waals surface area (Å²) in [7, 11) is 0. The second kappa shape index (κ2) is 5.36. The average molecular weight is 210 g/mol. The topological polar surface area (TPSA) is 55.8 Å². The first kappa shape index (κ1) is 11.5. The van der Waals surface area contributed by atoms with Crippen molar-refractivity contribution >= 4 is 5.97 Å². The van der Waals surface area contributed by atoms with E-state index in [1.54, 1.807) is 0 Å². The summed E-state index contributed by atoms with van der Waals surface area (Å²) in [6, 6.07) is 5.77. The predicted octanol–water partition coefficient (Wildman–Crippen LogP) is 2.28. The van der Waals surface area contributed by atoms with Crippen molar-refractivity contribution in [2.75, 3.05) is 0 Å². The molecule has 0 saturated carbocycles. The maximum absolute atomic E-state index is 11.3. The Balaban J connectivity index is 2.50. The van der Waals surface area contributed by atoms with Crippen LogP contribution in [0, 0.1) is 0 Å². The number of hydrogen-bond acceptors (Lipinski definition) is 4. The van der Waals surface area contributed by atoms with Gasteiger partial charge in [-0.15, -0.1) is 0 Å². The van der Waals surface area contributed by atoms with E-state index in [-0.39, 0.29) is 11.9 Å². The Morgan fingerprint density at radius 1 is 1.40 bits per heavy atom. The van der Waals surface area contributed by atoms with Gasteiger partial charge in [-0.1, -0.05) is 6.92 Å². The van der Waals surface area contributed by atoms with Crippen LogP contribution in [0.1, 0.15) is 30.6 Å². The lowest BCUT2D eigenvalue weighted by Gasteiger charge is -2.08. The van der Waals surface area contributed by atoms with Gasteiger partial charge in [0.2, 0.25) is 0 Å². The highest BCUT2D eigenvalue weighted by atomic mass is 17.2. The fourth-order valence-corrected chi connectivity index (χ4v) is 0.839. The number of phenolic OH excluding ortho intramolecular Hbond substituents is 1. The van der Waals surface area contributed by atoms with Gasteiger partial charge in [-0.2, -0.15) is 4.89 Å². The summed E-state index contributed by atoms with van der Waals surface area (Å²) in [6.45, 7) is 3.74. The van der Waals surface area contributed by atoms with Gasteiger partial charge in [-0.05, 0) is 37.6 Å². The van der Waals surface area contributed by atoms with Crippen molar-refractivity contribution in [1.82, 2.24) is 0 Å². The van der Waals surface area contributed by atoms with E-state index in [0.717, 1.165) is 6.42 Å². The van der Waals surface area contributed by atoms with Crippen LogP contribution in [0.4, 0.5) is 0 Å². The third kappa shape index (κ3) is 3.59. The molecule has 0 spiro atoms. The molecule has 15 heavy (non-hydrogen) atoms. The standard InChI is InChI=1S/C11H14O4/c1-3-8(2)14-15-11(13)9-4-6-10(12)7-5-9/h4-8,12H,3H2,1-2H3. The molecule has 0 bridgehead atoms. The van der Waals surface area contributed by atoms with E-state index in [4.69, 9.17) is 9.99 Å². The van der Waals surface area contributed by atoms with Gasteiger partial charge in [-0.3, -0.25) is 4.89 Å². The Morgan fingerprint density at radius 2 is 2.00 bits per heavy atom. The third-order valence-electron chi connectivity index (χ3n) is 1.97. The lowest BCUT2D eigenvalue weighted by atomic mass is 10.2. The van der Waals surface area contributed by atoms with Gasteiger partial charge in [0.1, 0.15) is 11.9 Å². The molecule has 0 aliphatic rings. The van der Waals surface area contributed by atoms with Gasteiger partial charge in [0.15, 0.2) is 0 Å². The van der Waals surface area contributed by atoms with Crippen LogP contribution in [-0.2, 0) is 9.78 Å². The number of rotatable bonds is 4. The molecule has 0 aromatic heterocycles. The first-order valence-corrected chi connectivity index (χ1v) is 4.80. The largest absolute Gasteiger partial charge is 0.508 e. The second-order valence-electron chi connectivity index (χ2n) is 3.23. The van der Waals surface area contributed by atoms with Gasteiger partial charge in [-0.25, -0.2) is 4.79 Å². The minimum absolute atomic E-state index is 0.106. The van der Waals surface area contributed by atoms with Gasteiger partial charge >= 0.3 is 5.97 Å². The van der Waals surface area contributed by atoms with Gasteiger partial charge < -0.3 is 5.11 Å². The van der Waals surface area contributed by atoms with Crippen molar-refractivity contribution in [3.63, 3.8) is 0 Å². The Morgan fingerprint density at radius 3 is 2.53 bits per heavy atom. The normalized spacial score (nSPS) is 12.1. The molecule has 1 N–H and O–H groups in total. The summed E-state index contributed by atoms with van der Waals surface area (Å²) in [5, 5.41) is 9.01. The fraction of sp³-hybridized carbons (Fsp3) is 0.364. The summed E-state index contributed by atoms with van der Waals surface area (Å²) in [4.78, 5) is 20.8. The van der Waals surface area contributed by atoms with Crippen molar-refractivity contribution in [3.05, 3.63) is 29.8 Å². The molecule has 0 aliphatic carbocycles. The summed E-state index contributed by atoms with van der Waals surface area (Å²) in [6.07, 6.45) is 0.647. The third-order valence-corrected chi connectivity index (χ3v) is 1.97. The molecule has 0 amide bonds. The van der Waals surface area contributed by atoms with Gasteiger partial charge in [0.05, 0.1) is 5.56 Å². The monoisotopic (exact) mass is 210 g/mol. The van der Waals surface area contributed by atoms with Gasteiger partial charge in [0.25, 0.3) is 0 Å². The quantitative estimate of drug-likeness (QED) is 0.611. The number of benzene rings is 1. The molecule has 1 atom stereocenters. The van der Waals surface area contributed by atoms with E-state index in [0.29, 0.717) is 5.56 Å². The van der Waals surface area contributed by atoms with Crippen LogP contribution in [0.5, 0.6) is 5.75 Å². The molecule has 0 fully saturated rings. The van der Waals surface area contributed by atoms with Crippen molar-refractivity contribution in [2.24, 2.45) is 0 Å². The van der Waals surface area contributed by atoms with Crippen molar-refractivity contribution < 1.29 is 19.7 Å². The number of aromatic hydroxyl groups is 1.